The van der Waals surface area contributed by atoms with Crippen molar-refractivity contribution in [3.63, 3.8) is 0 Å². The molecule has 1 aromatic heterocycles. The summed E-state index contributed by atoms with van der Waals surface area (Å²) in [5, 5.41) is 12.1. The molecule has 3 aromatic carbocycles. The number of ether oxygens (including phenoxy) is 2. The number of hydrogen-bond acceptors (Lipinski definition) is 7. The van der Waals surface area contributed by atoms with E-state index in [0.29, 0.717) is 16.8 Å². The summed E-state index contributed by atoms with van der Waals surface area (Å²) < 4.78 is 11.2. The van der Waals surface area contributed by atoms with E-state index >= 15 is 0 Å². The molecule has 42 heavy (non-hydrogen) atoms. The minimum Gasteiger partial charge on any atom is -0.496 e. The zero-order valence-corrected chi connectivity index (χ0v) is 24.3. The zero-order valence-electron chi connectivity index (χ0n) is 24.3. The minimum atomic E-state index is -0.198. The first-order valence-electron chi connectivity index (χ1n) is 14.0. The molecule has 2 heterocycles. The summed E-state index contributed by atoms with van der Waals surface area (Å²) in [6.45, 7) is 6.36. The Balaban J connectivity index is 1.21. The fourth-order valence-corrected chi connectivity index (χ4v) is 5.31. The van der Waals surface area contributed by atoms with Gasteiger partial charge in [0.05, 0.1) is 43.3 Å². The number of aryl methyl sites for hydroxylation is 1. The number of nitriles is 1. The molecule has 0 bridgehead atoms. The van der Waals surface area contributed by atoms with E-state index in [-0.39, 0.29) is 5.91 Å². The Bertz CT molecular complexity index is 1560. The lowest BCUT2D eigenvalue weighted by Crippen LogP contribution is -2.31. The standard InChI is InChI=1S/C34H35N5O3/c1-24-8-11-27(20-29(24)26-12-9-25(21-35)10-13-26)34(40)37-28-14-15-33(36-22-28)39-17-5-16-38(18-19-39)23-30-31(41-2)6-4-7-32(30)42-3/h4,6-15,20,22H,5,16-19,23H2,1-3H3,(H,37,40). The fourth-order valence-electron chi connectivity index (χ4n) is 5.31. The summed E-state index contributed by atoms with van der Waals surface area (Å²) in [5.41, 5.74) is 5.84. The van der Waals surface area contributed by atoms with Gasteiger partial charge in [0, 0.05) is 38.3 Å². The van der Waals surface area contributed by atoms with Crippen LogP contribution in [0.25, 0.3) is 11.1 Å². The quantitative estimate of drug-likeness (QED) is 0.286. The number of rotatable bonds is 8. The van der Waals surface area contributed by atoms with Crippen molar-refractivity contribution >= 4 is 17.4 Å². The molecule has 1 N–H and O–H groups in total. The predicted octanol–water partition coefficient (Wildman–Crippen LogP) is 5.91. The second kappa shape index (κ2) is 13.2. The van der Waals surface area contributed by atoms with E-state index in [1.165, 1.54) is 0 Å². The van der Waals surface area contributed by atoms with E-state index < -0.39 is 0 Å². The van der Waals surface area contributed by atoms with Crippen molar-refractivity contribution in [1.82, 2.24) is 9.88 Å². The molecule has 1 aliphatic heterocycles. The molecule has 1 fully saturated rings. The van der Waals surface area contributed by atoms with Gasteiger partial charge in [0.2, 0.25) is 0 Å². The second-order valence-electron chi connectivity index (χ2n) is 10.3. The molecular weight excluding hydrogens is 526 g/mol. The van der Waals surface area contributed by atoms with E-state index in [2.05, 4.69) is 26.2 Å². The van der Waals surface area contributed by atoms with Crippen LogP contribution < -0.4 is 19.7 Å². The first kappa shape index (κ1) is 28.7. The van der Waals surface area contributed by atoms with Crippen molar-refractivity contribution in [3.05, 3.63) is 101 Å². The summed E-state index contributed by atoms with van der Waals surface area (Å²) in [7, 11) is 3.38. The van der Waals surface area contributed by atoms with Gasteiger partial charge >= 0.3 is 0 Å². The van der Waals surface area contributed by atoms with Crippen LogP contribution in [0.1, 0.15) is 33.5 Å². The number of carbonyl (C=O) groups is 1. The van der Waals surface area contributed by atoms with Gasteiger partial charge in [-0.25, -0.2) is 4.98 Å². The number of anilines is 2. The van der Waals surface area contributed by atoms with Gasteiger partial charge in [-0.15, -0.1) is 0 Å². The summed E-state index contributed by atoms with van der Waals surface area (Å²) in [6.07, 6.45) is 2.72. The van der Waals surface area contributed by atoms with Gasteiger partial charge < -0.3 is 19.7 Å². The highest BCUT2D eigenvalue weighted by Crippen LogP contribution is 2.30. The number of methoxy groups -OCH3 is 2. The van der Waals surface area contributed by atoms with Gasteiger partial charge in [0.1, 0.15) is 17.3 Å². The largest absolute Gasteiger partial charge is 0.496 e. The van der Waals surface area contributed by atoms with E-state index in [1.54, 1.807) is 32.5 Å². The smallest absolute Gasteiger partial charge is 0.255 e. The highest BCUT2D eigenvalue weighted by molar-refractivity contribution is 6.05. The minimum absolute atomic E-state index is 0.198. The van der Waals surface area contributed by atoms with Crippen LogP contribution in [0.15, 0.2) is 79.0 Å². The highest BCUT2D eigenvalue weighted by Gasteiger charge is 2.20. The molecule has 1 aliphatic rings. The van der Waals surface area contributed by atoms with Crippen LogP contribution in [0, 0.1) is 18.3 Å². The summed E-state index contributed by atoms with van der Waals surface area (Å²) in [4.78, 5) is 22.5. The predicted molar refractivity (Wildman–Crippen MR) is 165 cm³/mol. The molecule has 0 spiro atoms. The monoisotopic (exact) mass is 561 g/mol. The van der Waals surface area contributed by atoms with Crippen LogP contribution in [0.2, 0.25) is 0 Å². The van der Waals surface area contributed by atoms with Crippen molar-refractivity contribution in [2.75, 3.05) is 50.6 Å². The molecule has 5 rings (SSSR count). The van der Waals surface area contributed by atoms with Crippen molar-refractivity contribution in [2.24, 2.45) is 0 Å². The third kappa shape index (κ3) is 6.54. The first-order valence-corrected chi connectivity index (χ1v) is 14.0. The Labute approximate surface area is 247 Å². The molecule has 0 unspecified atom stereocenters. The van der Waals surface area contributed by atoms with Crippen molar-refractivity contribution in [2.45, 2.75) is 19.9 Å². The third-order valence-corrected chi connectivity index (χ3v) is 7.65. The second-order valence-corrected chi connectivity index (χ2v) is 10.3. The van der Waals surface area contributed by atoms with E-state index in [0.717, 1.165) is 78.7 Å². The molecule has 214 valence electrons. The molecule has 0 aliphatic carbocycles. The topological polar surface area (TPSA) is 90.7 Å². The Morgan fingerprint density at radius 2 is 1.71 bits per heavy atom. The molecule has 4 aromatic rings. The maximum absolute atomic E-state index is 13.1. The number of nitrogens with zero attached hydrogens (tertiary/aromatic N) is 4. The van der Waals surface area contributed by atoms with Crippen molar-refractivity contribution in [1.29, 1.82) is 5.26 Å². The molecule has 0 radical (unpaired) electrons. The van der Waals surface area contributed by atoms with Gasteiger partial charge in [-0.3, -0.25) is 9.69 Å². The van der Waals surface area contributed by atoms with Gasteiger partial charge in [-0.2, -0.15) is 5.26 Å². The molecule has 0 atom stereocenters. The van der Waals surface area contributed by atoms with Crippen LogP contribution in [-0.2, 0) is 6.54 Å². The summed E-state index contributed by atoms with van der Waals surface area (Å²) >= 11 is 0. The Kier molecular flexibility index (Phi) is 9.00. The molecule has 1 amide bonds. The Morgan fingerprint density at radius 1 is 0.952 bits per heavy atom. The van der Waals surface area contributed by atoms with E-state index in [1.807, 2.05) is 67.6 Å². The average Bonchev–Trinajstić information content (AvgIpc) is 3.27. The Hall–Kier alpha value is -4.87. The summed E-state index contributed by atoms with van der Waals surface area (Å²) in [5.74, 6) is 2.37. The number of carbonyl (C=O) groups excluding carboxylic acids is 1. The van der Waals surface area contributed by atoms with Crippen LogP contribution in [0.4, 0.5) is 11.5 Å². The number of pyridine rings is 1. The molecule has 0 saturated carbocycles. The van der Waals surface area contributed by atoms with Crippen LogP contribution in [-0.4, -0.2) is 56.2 Å². The third-order valence-electron chi connectivity index (χ3n) is 7.65. The van der Waals surface area contributed by atoms with Crippen LogP contribution in [0.5, 0.6) is 11.5 Å². The zero-order chi connectivity index (χ0) is 29.5. The van der Waals surface area contributed by atoms with Gasteiger partial charge in [-0.1, -0.05) is 24.3 Å². The molecule has 8 nitrogen and oxygen atoms in total. The lowest BCUT2D eigenvalue weighted by Gasteiger charge is -2.24. The van der Waals surface area contributed by atoms with Gasteiger partial charge in [0.25, 0.3) is 5.91 Å². The lowest BCUT2D eigenvalue weighted by atomic mass is 9.97. The number of amides is 1. The van der Waals surface area contributed by atoms with Gasteiger partial charge in [-0.05, 0) is 78.6 Å². The van der Waals surface area contributed by atoms with E-state index in [9.17, 15) is 4.79 Å². The lowest BCUT2D eigenvalue weighted by molar-refractivity contribution is 0.102. The SMILES string of the molecule is COc1cccc(OC)c1CN1CCCN(c2ccc(NC(=O)c3ccc(C)c(-c4ccc(C#N)cc4)c3)cn2)CC1. The maximum atomic E-state index is 13.1. The molecular formula is C34H35N5O3. The summed E-state index contributed by atoms with van der Waals surface area (Å²) in [6, 6.07) is 24.9. The van der Waals surface area contributed by atoms with E-state index in [4.69, 9.17) is 14.7 Å². The normalized spacial score (nSPS) is 13.6. The number of hydrogen-bond donors (Lipinski definition) is 1. The van der Waals surface area contributed by atoms with Crippen molar-refractivity contribution < 1.29 is 14.3 Å². The molecule has 8 heteroatoms. The average molecular weight is 562 g/mol. The number of aromatic nitrogens is 1. The number of nitrogens with one attached hydrogen (secondary N) is 1. The van der Waals surface area contributed by atoms with Gasteiger partial charge in [0.15, 0.2) is 0 Å². The number of benzene rings is 3. The maximum Gasteiger partial charge on any atom is 0.255 e. The first-order chi connectivity index (χ1) is 20.5. The van der Waals surface area contributed by atoms with Crippen LogP contribution >= 0.6 is 0 Å². The van der Waals surface area contributed by atoms with Crippen molar-refractivity contribution in [3.8, 4) is 28.7 Å². The molecule has 1 saturated heterocycles. The Morgan fingerprint density at radius 3 is 2.38 bits per heavy atom. The fraction of sp³-hybridized carbons (Fsp3) is 0.265. The highest BCUT2D eigenvalue weighted by atomic mass is 16.5. The van der Waals surface area contributed by atoms with Crippen LogP contribution in [0.3, 0.4) is 0 Å².